The van der Waals surface area contributed by atoms with E-state index >= 15 is 0 Å². The van der Waals surface area contributed by atoms with Gasteiger partial charge in [-0.25, -0.2) is 9.78 Å². The topological polar surface area (TPSA) is 212 Å². The molecule has 2 aliphatic rings. The van der Waals surface area contributed by atoms with Crippen molar-refractivity contribution in [2.24, 2.45) is 0 Å². The van der Waals surface area contributed by atoms with E-state index in [9.17, 15) is 19.5 Å². The first-order valence-corrected chi connectivity index (χ1v) is 13.0. The van der Waals surface area contributed by atoms with E-state index in [4.69, 9.17) is 30.2 Å². The Balaban J connectivity index is 0.000000194. The van der Waals surface area contributed by atoms with Gasteiger partial charge in [-0.1, -0.05) is 11.6 Å². The number of cyclic esters (lactones) is 1. The fourth-order valence-electron chi connectivity index (χ4n) is 4.89. The Labute approximate surface area is 234 Å². The lowest BCUT2D eigenvalue weighted by atomic mass is 9.94. The molecule has 0 unspecified atom stereocenters. The summed E-state index contributed by atoms with van der Waals surface area (Å²) in [7, 11) is 1.51. The third-order valence-corrected chi connectivity index (χ3v) is 7.09. The van der Waals surface area contributed by atoms with Crippen LogP contribution in [0.2, 0.25) is 0 Å². The number of esters is 1. The zero-order valence-corrected chi connectivity index (χ0v) is 23.0. The van der Waals surface area contributed by atoms with E-state index in [-0.39, 0.29) is 60.3 Å². The van der Waals surface area contributed by atoms with Gasteiger partial charge in [0, 0.05) is 17.5 Å². The highest BCUT2D eigenvalue weighted by molar-refractivity contribution is 5.98. The summed E-state index contributed by atoms with van der Waals surface area (Å²) in [5.41, 5.74) is 8.83. The van der Waals surface area contributed by atoms with E-state index in [1.165, 1.54) is 13.4 Å². The van der Waals surface area contributed by atoms with Gasteiger partial charge in [-0.05, 0) is 45.1 Å². The normalized spacial score (nSPS) is 18.1. The van der Waals surface area contributed by atoms with E-state index in [2.05, 4.69) is 15.0 Å². The summed E-state index contributed by atoms with van der Waals surface area (Å²) in [5, 5.41) is 28.2. The van der Waals surface area contributed by atoms with Crippen molar-refractivity contribution < 1.29 is 39.1 Å². The highest BCUT2D eigenvalue weighted by Gasteiger charge is 2.32. The van der Waals surface area contributed by atoms with Crippen LogP contribution in [0.25, 0.3) is 11.2 Å². The molecule has 2 aromatic heterocycles. The molecule has 0 amide bonds. The number of nitrogens with zero attached hydrogens (tertiary/aromatic N) is 3. The van der Waals surface area contributed by atoms with Crippen molar-refractivity contribution in [1.29, 1.82) is 0 Å². The van der Waals surface area contributed by atoms with Crippen molar-refractivity contribution in [3.63, 3.8) is 0 Å². The lowest BCUT2D eigenvalue weighted by Gasteiger charge is -2.15. The number of carboxylic acids is 1. The second-order valence-corrected chi connectivity index (χ2v) is 9.81. The number of methoxy groups -OCH3 is 1. The molecule has 6 N–H and O–H groups in total. The number of phenolic OH excluding ortho intramolecular Hbond substituents is 1. The van der Waals surface area contributed by atoms with Crippen LogP contribution < -0.4 is 16.0 Å². The molecule has 1 aromatic carbocycles. The summed E-state index contributed by atoms with van der Waals surface area (Å²) in [5.74, 6) is -0.926. The van der Waals surface area contributed by atoms with Crippen molar-refractivity contribution in [1.82, 2.24) is 19.5 Å². The lowest BCUT2D eigenvalue weighted by molar-refractivity contribution is -0.136. The molecule has 0 saturated carbocycles. The van der Waals surface area contributed by atoms with Crippen LogP contribution in [-0.4, -0.2) is 66.6 Å². The summed E-state index contributed by atoms with van der Waals surface area (Å²) in [6, 6.07) is 0. The van der Waals surface area contributed by atoms with Gasteiger partial charge in [0.2, 0.25) is 5.95 Å². The average molecular weight is 572 g/mol. The minimum atomic E-state index is -0.853. The van der Waals surface area contributed by atoms with Crippen molar-refractivity contribution >= 4 is 29.1 Å². The van der Waals surface area contributed by atoms with E-state index < -0.39 is 11.9 Å². The van der Waals surface area contributed by atoms with Gasteiger partial charge >= 0.3 is 11.9 Å². The maximum absolute atomic E-state index is 11.8. The number of allylic oxidation sites excluding steroid dienone is 2. The minimum absolute atomic E-state index is 0.0146. The summed E-state index contributed by atoms with van der Waals surface area (Å²) in [4.78, 5) is 44.5. The number of H-pyrrole nitrogens is 1. The summed E-state index contributed by atoms with van der Waals surface area (Å²) in [6.07, 6.45) is 5.26. The molecule has 0 bridgehead atoms. The predicted octanol–water partition coefficient (Wildman–Crippen LogP) is 2.10. The first kappa shape index (κ1) is 29.6. The Kier molecular flexibility index (Phi) is 8.93. The predicted molar refractivity (Wildman–Crippen MR) is 146 cm³/mol. The van der Waals surface area contributed by atoms with E-state index in [0.29, 0.717) is 35.4 Å². The number of imidazole rings is 1. The van der Waals surface area contributed by atoms with Crippen LogP contribution in [-0.2, 0) is 27.3 Å². The van der Waals surface area contributed by atoms with Crippen LogP contribution in [0.5, 0.6) is 11.5 Å². The number of hydrogen-bond acceptors (Lipinski definition) is 11. The van der Waals surface area contributed by atoms with Crippen LogP contribution in [0.1, 0.15) is 65.9 Å². The Morgan fingerprint density at radius 1 is 1.32 bits per heavy atom. The van der Waals surface area contributed by atoms with Crippen molar-refractivity contribution in [2.75, 3.05) is 19.5 Å². The van der Waals surface area contributed by atoms with Crippen LogP contribution in [0.3, 0.4) is 0 Å². The number of phenols is 1. The van der Waals surface area contributed by atoms with E-state index in [0.717, 1.165) is 24.0 Å². The fourth-order valence-corrected chi connectivity index (χ4v) is 4.89. The molecule has 14 nitrogen and oxygen atoms in total. The number of ether oxygens (including phenoxy) is 3. The number of aliphatic hydroxyl groups excluding tert-OH is 1. The number of nitrogens with two attached hydrogens (primary N) is 1. The van der Waals surface area contributed by atoms with E-state index in [1.54, 1.807) is 4.57 Å². The standard InChI is InChI=1S/C17H20O6.C10H13N5O3/c1-9(5-7-13(18)19)4-6-11-15(20)14-12(8-23-17(14)21)10(2)16(11)22-3;11-10-13-8-7(9(17)14-10)12-4-15(8)6-2-1-5(3-16)18-6/h4,20H,5-8H2,1-3H3,(H,18,19);4-6,16H,1-3H2,(H3,11,13,14,17)/b9-4+;/t;5-,6+/m.0/s1. The SMILES string of the molecule is COc1c(C)c2c(c(O)c1C/C=C(\C)CCC(=O)O)C(=O)OC2.Nc1nc2c(ncn2[C@H]2CC[C@@H](CO)O2)c(=O)[nH]1. The van der Waals surface area contributed by atoms with E-state index in [1.807, 2.05) is 19.9 Å². The fraction of sp³-hybridized carbons (Fsp3) is 0.444. The second kappa shape index (κ2) is 12.4. The minimum Gasteiger partial charge on any atom is -0.507 e. The molecule has 41 heavy (non-hydrogen) atoms. The molecule has 0 spiro atoms. The average Bonchev–Trinajstić information content (AvgIpc) is 3.67. The first-order valence-electron chi connectivity index (χ1n) is 13.0. The molecule has 1 fully saturated rings. The molecule has 220 valence electrons. The molecular weight excluding hydrogens is 538 g/mol. The Bertz CT molecular complexity index is 1560. The van der Waals surface area contributed by atoms with Gasteiger partial charge in [-0.3, -0.25) is 19.1 Å². The Morgan fingerprint density at radius 2 is 2.07 bits per heavy atom. The molecule has 4 heterocycles. The number of carboxylic acid groups (broad SMARTS) is 1. The van der Waals surface area contributed by atoms with Crippen LogP contribution in [0.4, 0.5) is 5.95 Å². The molecule has 1 saturated heterocycles. The molecule has 0 aliphatic carbocycles. The molecule has 14 heteroatoms. The molecular formula is C27H33N5O9. The number of nitrogens with one attached hydrogen (secondary N) is 1. The van der Waals surface area contributed by atoms with Crippen molar-refractivity contribution in [2.45, 2.75) is 64.9 Å². The number of aromatic amines is 1. The smallest absolute Gasteiger partial charge is 0.342 e. The quantitative estimate of drug-likeness (QED) is 0.194. The molecule has 3 aromatic rings. The number of hydrogen-bond donors (Lipinski definition) is 5. The largest absolute Gasteiger partial charge is 0.507 e. The highest BCUT2D eigenvalue weighted by atomic mass is 16.5. The van der Waals surface area contributed by atoms with Gasteiger partial charge in [-0.2, -0.15) is 4.98 Å². The van der Waals surface area contributed by atoms with Gasteiger partial charge in [-0.15, -0.1) is 0 Å². The van der Waals surface area contributed by atoms with Gasteiger partial charge in [0.15, 0.2) is 11.2 Å². The number of aliphatic carboxylic acids is 1. The highest BCUT2D eigenvalue weighted by Crippen LogP contribution is 2.42. The maximum atomic E-state index is 11.8. The van der Waals surface area contributed by atoms with Crippen molar-refractivity contribution in [3.8, 4) is 11.5 Å². The van der Waals surface area contributed by atoms with Gasteiger partial charge < -0.3 is 35.3 Å². The molecule has 2 aliphatic heterocycles. The number of nitrogen functional groups attached to an aromatic ring is 1. The number of anilines is 1. The number of carbonyl (C=O) groups is 2. The van der Waals surface area contributed by atoms with Crippen LogP contribution in [0.15, 0.2) is 22.8 Å². The number of fused-ring (bicyclic) bond motifs is 2. The molecule has 0 radical (unpaired) electrons. The second-order valence-electron chi connectivity index (χ2n) is 9.81. The number of carbonyl (C=O) groups excluding carboxylic acids is 1. The Morgan fingerprint density at radius 3 is 2.73 bits per heavy atom. The third kappa shape index (κ3) is 6.18. The summed E-state index contributed by atoms with van der Waals surface area (Å²) < 4.78 is 17.7. The third-order valence-electron chi connectivity index (χ3n) is 7.09. The van der Waals surface area contributed by atoms with Gasteiger partial charge in [0.25, 0.3) is 5.56 Å². The maximum Gasteiger partial charge on any atom is 0.342 e. The first-order chi connectivity index (χ1) is 19.5. The summed E-state index contributed by atoms with van der Waals surface area (Å²) >= 11 is 0. The monoisotopic (exact) mass is 571 g/mol. The Hall–Kier alpha value is -4.43. The number of aliphatic hydroxyl groups is 1. The number of aromatic hydroxyl groups is 1. The lowest BCUT2D eigenvalue weighted by Crippen LogP contribution is -2.16. The summed E-state index contributed by atoms with van der Waals surface area (Å²) in [6.45, 7) is 3.78. The van der Waals surface area contributed by atoms with Crippen LogP contribution in [0, 0.1) is 6.92 Å². The number of rotatable bonds is 8. The zero-order valence-electron chi connectivity index (χ0n) is 23.0. The van der Waals surface area contributed by atoms with Gasteiger partial charge in [0.05, 0.1) is 26.1 Å². The number of benzene rings is 1. The number of aromatic nitrogens is 4. The zero-order chi connectivity index (χ0) is 29.8. The molecule has 5 rings (SSSR count). The molecule has 2 atom stereocenters. The van der Waals surface area contributed by atoms with Crippen LogP contribution >= 0.6 is 0 Å². The van der Waals surface area contributed by atoms with Gasteiger partial charge in [0.1, 0.15) is 29.9 Å². The van der Waals surface area contributed by atoms with Crippen molar-refractivity contribution in [3.05, 3.63) is 50.6 Å².